The van der Waals surface area contributed by atoms with Crippen molar-refractivity contribution in [3.05, 3.63) is 40.6 Å². The van der Waals surface area contributed by atoms with Gasteiger partial charge in [-0.2, -0.15) is 5.10 Å². The Kier molecular flexibility index (Phi) is 2.95. The van der Waals surface area contributed by atoms with Gasteiger partial charge >= 0.3 is 0 Å². The molecular formula is C9H10N6O2. The van der Waals surface area contributed by atoms with Gasteiger partial charge in [0.1, 0.15) is 18.0 Å². The van der Waals surface area contributed by atoms with Crippen LogP contribution < -0.4 is 5.32 Å². The van der Waals surface area contributed by atoms with Gasteiger partial charge in [-0.25, -0.2) is 9.97 Å². The minimum atomic E-state index is -0.466. The van der Waals surface area contributed by atoms with Gasteiger partial charge in [-0.05, 0) is 6.92 Å². The molecule has 17 heavy (non-hydrogen) atoms. The minimum absolute atomic E-state index is 0.00716. The third-order valence-electron chi connectivity index (χ3n) is 2.16. The third-order valence-corrected chi connectivity index (χ3v) is 2.16. The first-order valence-electron chi connectivity index (χ1n) is 4.89. The van der Waals surface area contributed by atoms with Crippen molar-refractivity contribution < 1.29 is 4.92 Å². The second kappa shape index (κ2) is 4.56. The van der Waals surface area contributed by atoms with Gasteiger partial charge < -0.3 is 5.32 Å². The molecule has 0 amide bonds. The van der Waals surface area contributed by atoms with E-state index in [0.29, 0.717) is 11.6 Å². The Bertz CT molecular complexity index is 512. The molecule has 0 radical (unpaired) electrons. The predicted octanol–water partition coefficient (Wildman–Crippen LogP) is 1.28. The van der Waals surface area contributed by atoms with Gasteiger partial charge in [0.15, 0.2) is 0 Å². The summed E-state index contributed by atoms with van der Waals surface area (Å²) < 4.78 is 0. The highest BCUT2D eigenvalue weighted by atomic mass is 16.6. The average Bonchev–Trinajstić information content (AvgIpc) is 2.82. The van der Waals surface area contributed by atoms with Crippen LogP contribution in [0.2, 0.25) is 0 Å². The largest absolute Gasteiger partial charge is 0.360 e. The molecule has 0 fully saturated rings. The summed E-state index contributed by atoms with van der Waals surface area (Å²) in [6.45, 7) is 1.85. The fourth-order valence-corrected chi connectivity index (χ4v) is 1.33. The van der Waals surface area contributed by atoms with Crippen molar-refractivity contribution in [3.63, 3.8) is 0 Å². The number of pyridine rings is 1. The van der Waals surface area contributed by atoms with Crippen molar-refractivity contribution in [2.45, 2.75) is 13.0 Å². The SMILES string of the molecule is CC(Nc1cc([N+](=O)[O-])ccn1)c1ncn[nH]1. The number of nitrogens with one attached hydrogen (secondary N) is 2. The molecule has 2 rings (SSSR count). The number of anilines is 1. The molecular weight excluding hydrogens is 224 g/mol. The van der Waals surface area contributed by atoms with E-state index in [2.05, 4.69) is 25.5 Å². The molecule has 2 aromatic rings. The van der Waals surface area contributed by atoms with Crippen LogP contribution in [-0.4, -0.2) is 25.1 Å². The van der Waals surface area contributed by atoms with Crippen molar-refractivity contribution in [3.8, 4) is 0 Å². The average molecular weight is 234 g/mol. The molecule has 0 saturated carbocycles. The maximum absolute atomic E-state index is 10.6. The number of nitrogens with zero attached hydrogens (tertiary/aromatic N) is 4. The van der Waals surface area contributed by atoms with E-state index in [4.69, 9.17) is 0 Å². The molecule has 0 aliphatic heterocycles. The number of hydrogen-bond acceptors (Lipinski definition) is 6. The zero-order valence-corrected chi connectivity index (χ0v) is 8.99. The summed E-state index contributed by atoms with van der Waals surface area (Å²) in [5.41, 5.74) is -0.00716. The highest BCUT2D eigenvalue weighted by Crippen LogP contribution is 2.18. The number of aromatic amines is 1. The van der Waals surface area contributed by atoms with E-state index in [1.807, 2.05) is 6.92 Å². The lowest BCUT2D eigenvalue weighted by atomic mass is 10.3. The van der Waals surface area contributed by atoms with E-state index >= 15 is 0 Å². The van der Waals surface area contributed by atoms with Gasteiger partial charge in [0.05, 0.1) is 17.0 Å². The molecule has 88 valence electrons. The van der Waals surface area contributed by atoms with Crippen molar-refractivity contribution >= 4 is 11.5 Å². The standard InChI is InChI=1S/C9H10N6O2/c1-6(9-11-5-12-14-9)13-8-4-7(15(16)17)2-3-10-8/h2-6H,1H3,(H,10,13)(H,11,12,14). The van der Waals surface area contributed by atoms with Crippen LogP contribution in [0.4, 0.5) is 11.5 Å². The van der Waals surface area contributed by atoms with Crippen molar-refractivity contribution in [2.24, 2.45) is 0 Å². The Morgan fingerprint density at radius 2 is 2.35 bits per heavy atom. The van der Waals surface area contributed by atoms with Gasteiger partial charge in [-0.1, -0.05) is 0 Å². The van der Waals surface area contributed by atoms with Crippen LogP contribution in [0.1, 0.15) is 18.8 Å². The van der Waals surface area contributed by atoms with Gasteiger partial charge in [0.25, 0.3) is 5.69 Å². The summed E-state index contributed by atoms with van der Waals surface area (Å²) in [7, 11) is 0. The molecule has 0 bridgehead atoms. The van der Waals surface area contributed by atoms with E-state index in [1.54, 1.807) is 0 Å². The van der Waals surface area contributed by atoms with Gasteiger partial charge in [0.2, 0.25) is 0 Å². The Balaban J connectivity index is 2.13. The van der Waals surface area contributed by atoms with E-state index < -0.39 is 4.92 Å². The lowest BCUT2D eigenvalue weighted by Crippen LogP contribution is -2.09. The molecule has 2 heterocycles. The predicted molar refractivity (Wildman–Crippen MR) is 59.3 cm³/mol. The molecule has 8 nitrogen and oxygen atoms in total. The zero-order chi connectivity index (χ0) is 12.3. The third kappa shape index (κ3) is 2.54. The molecule has 0 aliphatic rings. The van der Waals surface area contributed by atoms with E-state index in [-0.39, 0.29) is 11.7 Å². The number of rotatable bonds is 4. The first-order chi connectivity index (χ1) is 8.16. The van der Waals surface area contributed by atoms with Crippen LogP contribution in [0, 0.1) is 10.1 Å². The van der Waals surface area contributed by atoms with E-state index in [1.165, 1.54) is 24.7 Å². The highest BCUT2D eigenvalue weighted by molar-refractivity contribution is 5.45. The number of nitro groups is 1. The lowest BCUT2D eigenvalue weighted by molar-refractivity contribution is -0.384. The summed E-state index contributed by atoms with van der Waals surface area (Å²) in [4.78, 5) is 18.1. The van der Waals surface area contributed by atoms with Crippen LogP contribution in [0.15, 0.2) is 24.7 Å². The normalized spacial score (nSPS) is 12.1. The summed E-state index contributed by atoms with van der Waals surface area (Å²) in [6.07, 6.45) is 2.78. The van der Waals surface area contributed by atoms with Gasteiger partial charge in [-0.15, -0.1) is 0 Å². The molecule has 2 aromatic heterocycles. The first-order valence-corrected chi connectivity index (χ1v) is 4.89. The summed E-state index contributed by atoms with van der Waals surface area (Å²) in [6, 6.07) is 2.55. The van der Waals surface area contributed by atoms with Crippen LogP contribution in [-0.2, 0) is 0 Å². The summed E-state index contributed by atoms with van der Waals surface area (Å²) in [5, 5.41) is 20.0. The Labute approximate surface area is 96.3 Å². The molecule has 1 unspecified atom stereocenters. The molecule has 0 saturated heterocycles. The zero-order valence-electron chi connectivity index (χ0n) is 8.99. The minimum Gasteiger partial charge on any atom is -0.360 e. The Morgan fingerprint density at radius 1 is 1.53 bits per heavy atom. The topological polar surface area (TPSA) is 110 Å². The maximum Gasteiger partial charge on any atom is 0.274 e. The number of H-pyrrole nitrogens is 1. The number of hydrogen-bond donors (Lipinski definition) is 2. The van der Waals surface area contributed by atoms with E-state index in [0.717, 1.165) is 0 Å². The van der Waals surface area contributed by atoms with Crippen LogP contribution in [0.3, 0.4) is 0 Å². The smallest absolute Gasteiger partial charge is 0.274 e. The van der Waals surface area contributed by atoms with Gasteiger partial charge in [-0.3, -0.25) is 15.2 Å². The summed E-state index contributed by atoms with van der Waals surface area (Å²) in [5.74, 6) is 1.06. The molecule has 0 spiro atoms. The van der Waals surface area contributed by atoms with Crippen LogP contribution in [0.25, 0.3) is 0 Å². The second-order valence-corrected chi connectivity index (χ2v) is 3.39. The molecule has 2 N–H and O–H groups in total. The van der Waals surface area contributed by atoms with E-state index in [9.17, 15) is 10.1 Å². The second-order valence-electron chi connectivity index (χ2n) is 3.39. The fourth-order valence-electron chi connectivity index (χ4n) is 1.33. The Hall–Kier alpha value is -2.51. The fraction of sp³-hybridized carbons (Fsp3) is 0.222. The molecule has 0 aliphatic carbocycles. The lowest BCUT2D eigenvalue weighted by Gasteiger charge is -2.10. The van der Waals surface area contributed by atoms with Crippen LogP contribution in [0.5, 0.6) is 0 Å². The monoisotopic (exact) mass is 234 g/mol. The maximum atomic E-state index is 10.6. The highest BCUT2D eigenvalue weighted by Gasteiger charge is 2.11. The van der Waals surface area contributed by atoms with Crippen molar-refractivity contribution in [1.82, 2.24) is 20.2 Å². The molecule has 8 heteroatoms. The van der Waals surface area contributed by atoms with Crippen LogP contribution >= 0.6 is 0 Å². The van der Waals surface area contributed by atoms with Crippen molar-refractivity contribution in [2.75, 3.05) is 5.32 Å². The quantitative estimate of drug-likeness (QED) is 0.609. The summed E-state index contributed by atoms with van der Waals surface area (Å²) >= 11 is 0. The van der Waals surface area contributed by atoms with Gasteiger partial charge in [0, 0.05) is 12.3 Å². The van der Waals surface area contributed by atoms with Crippen molar-refractivity contribution in [1.29, 1.82) is 0 Å². The number of aromatic nitrogens is 4. The first kappa shape index (κ1) is 11.0. The molecule has 0 aromatic carbocycles. The Morgan fingerprint density at radius 3 is 3.00 bits per heavy atom. The molecule has 1 atom stereocenters.